The summed E-state index contributed by atoms with van der Waals surface area (Å²) in [5, 5.41) is 16.7. The summed E-state index contributed by atoms with van der Waals surface area (Å²) in [6, 6.07) is 12.0. The number of nitriles is 1. The van der Waals surface area contributed by atoms with Crippen LogP contribution in [0, 0.1) is 17.1 Å². The predicted molar refractivity (Wildman–Crippen MR) is 148 cm³/mol. The lowest BCUT2D eigenvalue weighted by Crippen LogP contribution is -2.42. The van der Waals surface area contributed by atoms with Gasteiger partial charge in [-0.25, -0.2) is 8.78 Å². The Bertz CT molecular complexity index is 1390. The standard InChI is InChI=1S/C30H36F2N6O3/c1-18(24-13-19(31)17-38(24)4)39-27-16-28(40-21-10-12-34-20(14-21)9-11-33)36-29(35-27)25-15-26(37-41-25)30(2,3)22-7-5-6-8-23(22)32/h5-8,15-16,18-21,24,34H,9-10,12-14,17H2,1-4H3/t18-,19-,20+,21-,24-/m0/s1. The Morgan fingerprint density at radius 2 is 2.00 bits per heavy atom. The molecule has 0 bridgehead atoms. The lowest BCUT2D eigenvalue weighted by atomic mass is 9.81. The largest absolute Gasteiger partial charge is 0.474 e. The summed E-state index contributed by atoms with van der Waals surface area (Å²) in [6.45, 7) is 6.72. The minimum absolute atomic E-state index is 0.0415. The average molecular weight is 567 g/mol. The van der Waals surface area contributed by atoms with Crippen LogP contribution in [-0.2, 0) is 5.41 Å². The molecule has 2 aliphatic rings. The van der Waals surface area contributed by atoms with Crippen molar-refractivity contribution in [2.75, 3.05) is 20.1 Å². The second-order valence-electron chi connectivity index (χ2n) is 11.5. The molecule has 41 heavy (non-hydrogen) atoms. The predicted octanol–water partition coefficient (Wildman–Crippen LogP) is 4.82. The third-order valence-electron chi connectivity index (χ3n) is 8.07. The maximum absolute atomic E-state index is 14.6. The van der Waals surface area contributed by atoms with Gasteiger partial charge in [0.25, 0.3) is 0 Å². The van der Waals surface area contributed by atoms with Gasteiger partial charge in [-0.2, -0.15) is 15.2 Å². The highest BCUT2D eigenvalue weighted by molar-refractivity contribution is 5.51. The molecule has 218 valence electrons. The van der Waals surface area contributed by atoms with Crippen LogP contribution in [0.15, 0.2) is 40.9 Å². The van der Waals surface area contributed by atoms with Crippen LogP contribution in [0.4, 0.5) is 8.78 Å². The van der Waals surface area contributed by atoms with Crippen molar-refractivity contribution in [2.24, 2.45) is 0 Å². The van der Waals surface area contributed by atoms with Crippen LogP contribution < -0.4 is 14.8 Å². The quantitative estimate of drug-likeness (QED) is 0.390. The van der Waals surface area contributed by atoms with Gasteiger partial charge in [0.05, 0.1) is 24.3 Å². The number of hydrogen-bond donors (Lipinski definition) is 1. The van der Waals surface area contributed by atoms with Crippen LogP contribution in [0.5, 0.6) is 11.8 Å². The maximum atomic E-state index is 14.6. The van der Waals surface area contributed by atoms with Crippen molar-refractivity contribution >= 4 is 0 Å². The first kappa shape index (κ1) is 28.9. The van der Waals surface area contributed by atoms with E-state index in [9.17, 15) is 8.78 Å². The first-order valence-electron chi connectivity index (χ1n) is 14.0. The van der Waals surface area contributed by atoms with Crippen molar-refractivity contribution in [1.82, 2.24) is 25.3 Å². The van der Waals surface area contributed by atoms with E-state index in [1.54, 1.807) is 30.3 Å². The average Bonchev–Trinajstić information content (AvgIpc) is 3.56. The molecule has 0 saturated carbocycles. The summed E-state index contributed by atoms with van der Waals surface area (Å²) in [5.41, 5.74) is 0.221. The first-order valence-corrected chi connectivity index (χ1v) is 14.0. The molecular formula is C30H36F2N6O3. The van der Waals surface area contributed by atoms with Crippen LogP contribution in [0.2, 0.25) is 0 Å². The molecule has 3 aromatic rings. The zero-order chi connectivity index (χ0) is 29.1. The minimum Gasteiger partial charge on any atom is -0.474 e. The van der Waals surface area contributed by atoms with Gasteiger partial charge in [-0.1, -0.05) is 23.4 Å². The fourth-order valence-corrected chi connectivity index (χ4v) is 5.71. The Kier molecular flexibility index (Phi) is 8.52. The van der Waals surface area contributed by atoms with Gasteiger partial charge in [0.1, 0.15) is 24.2 Å². The molecule has 5 atom stereocenters. The fourth-order valence-electron chi connectivity index (χ4n) is 5.71. The number of nitrogens with one attached hydrogen (secondary N) is 1. The second kappa shape index (κ2) is 12.1. The van der Waals surface area contributed by atoms with Gasteiger partial charge in [-0.15, -0.1) is 0 Å². The Hall–Kier alpha value is -3.62. The fraction of sp³-hybridized carbons (Fsp3) is 0.533. The summed E-state index contributed by atoms with van der Waals surface area (Å²) >= 11 is 0. The van der Waals surface area contributed by atoms with Gasteiger partial charge in [0.15, 0.2) is 0 Å². The molecule has 1 aromatic carbocycles. The minimum atomic E-state index is -0.900. The topological polar surface area (TPSA) is 109 Å². The molecule has 0 spiro atoms. The third kappa shape index (κ3) is 6.49. The van der Waals surface area contributed by atoms with E-state index in [1.165, 1.54) is 6.07 Å². The molecule has 0 unspecified atom stereocenters. The van der Waals surface area contributed by atoms with E-state index in [0.29, 0.717) is 42.9 Å². The molecule has 1 N–H and O–H groups in total. The monoisotopic (exact) mass is 566 g/mol. The van der Waals surface area contributed by atoms with E-state index in [4.69, 9.17) is 19.3 Å². The number of aromatic nitrogens is 3. The maximum Gasteiger partial charge on any atom is 0.221 e. The first-order chi connectivity index (χ1) is 19.6. The molecule has 0 amide bonds. The summed E-state index contributed by atoms with van der Waals surface area (Å²) in [5.74, 6) is 0.721. The van der Waals surface area contributed by atoms with Crippen molar-refractivity contribution in [1.29, 1.82) is 5.26 Å². The van der Waals surface area contributed by atoms with Crippen molar-refractivity contribution in [3.63, 3.8) is 0 Å². The number of benzene rings is 1. The molecule has 11 heteroatoms. The van der Waals surface area contributed by atoms with Gasteiger partial charge in [-0.3, -0.25) is 4.90 Å². The van der Waals surface area contributed by atoms with E-state index >= 15 is 0 Å². The number of alkyl halides is 1. The van der Waals surface area contributed by atoms with E-state index in [-0.39, 0.29) is 47.6 Å². The zero-order valence-corrected chi connectivity index (χ0v) is 23.8. The van der Waals surface area contributed by atoms with Gasteiger partial charge in [-0.05, 0) is 58.8 Å². The van der Waals surface area contributed by atoms with Crippen LogP contribution in [-0.4, -0.2) is 70.6 Å². The normalized spacial score (nSPS) is 24.1. The Labute approximate surface area is 238 Å². The molecule has 9 nitrogen and oxygen atoms in total. The van der Waals surface area contributed by atoms with Crippen molar-refractivity contribution in [3.8, 4) is 29.4 Å². The smallest absolute Gasteiger partial charge is 0.221 e. The van der Waals surface area contributed by atoms with Crippen LogP contribution in [0.1, 0.15) is 57.7 Å². The molecule has 4 heterocycles. The molecular weight excluding hydrogens is 530 g/mol. The number of piperidine rings is 1. The van der Waals surface area contributed by atoms with Crippen LogP contribution >= 0.6 is 0 Å². The number of ether oxygens (including phenoxy) is 2. The highest BCUT2D eigenvalue weighted by atomic mass is 19.1. The van der Waals surface area contributed by atoms with Gasteiger partial charge < -0.3 is 19.3 Å². The van der Waals surface area contributed by atoms with Crippen LogP contribution in [0.3, 0.4) is 0 Å². The number of halogens is 2. The summed E-state index contributed by atoms with van der Waals surface area (Å²) in [6.07, 6.45) is 0.786. The Morgan fingerprint density at radius 1 is 1.22 bits per heavy atom. The SMILES string of the molecule is C[C@H](Oc1cc(O[C@H]2CCN[C@H](CC#N)C2)nc(-c2cc(C(C)(C)c3ccccc3F)no2)n1)[C@@H]1C[C@H](F)CN1C. The molecule has 2 aromatic heterocycles. The number of rotatable bonds is 9. The van der Waals surface area contributed by atoms with Crippen molar-refractivity contribution < 1.29 is 22.8 Å². The highest BCUT2D eigenvalue weighted by Gasteiger charge is 2.35. The number of likely N-dealkylation sites (tertiary alicyclic amines) is 1. The molecule has 2 fully saturated rings. The second-order valence-corrected chi connectivity index (χ2v) is 11.5. The zero-order valence-electron chi connectivity index (χ0n) is 23.8. The van der Waals surface area contributed by atoms with E-state index < -0.39 is 11.6 Å². The van der Waals surface area contributed by atoms with Crippen molar-refractivity contribution in [2.45, 2.75) is 82.3 Å². The van der Waals surface area contributed by atoms with Crippen LogP contribution in [0.25, 0.3) is 11.6 Å². The highest BCUT2D eigenvalue weighted by Crippen LogP contribution is 2.35. The summed E-state index contributed by atoms with van der Waals surface area (Å²) in [7, 11) is 1.88. The lowest BCUT2D eigenvalue weighted by molar-refractivity contribution is 0.113. The number of likely N-dealkylation sites (N-methyl/N-ethyl adjacent to an activating group) is 1. The summed E-state index contributed by atoms with van der Waals surface area (Å²) < 4.78 is 46.9. The molecule has 0 radical (unpaired) electrons. The molecule has 0 aliphatic carbocycles. The van der Waals surface area contributed by atoms with E-state index in [0.717, 1.165) is 13.0 Å². The van der Waals surface area contributed by atoms with E-state index in [1.807, 2.05) is 32.7 Å². The molecule has 2 aliphatic heterocycles. The third-order valence-corrected chi connectivity index (χ3v) is 8.07. The summed E-state index contributed by atoms with van der Waals surface area (Å²) in [4.78, 5) is 11.2. The van der Waals surface area contributed by atoms with Gasteiger partial charge >= 0.3 is 0 Å². The Morgan fingerprint density at radius 3 is 2.73 bits per heavy atom. The Balaban J connectivity index is 1.44. The number of nitrogens with zero attached hydrogens (tertiary/aromatic N) is 5. The lowest BCUT2D eigenvalue weighted by Gasteiger charge is -2.29. The van der Waals surface area contributed by atoms with E-state index in [2.05, 4.69) is 26.5 Å². The number of hydrogen-bond acceptors (Lipinski definition) is 9. The van der Waals surface area contributed by atoms with Crippen molar-refractivity contribution in [3.05, 3.63) is 53.5 Å². The van der Waals surface area contributed by atoms with Gasteiger partial charge in [0.2, 0.25) is 23.3 Å². The van der Waals surface area contributed by atoms with Gasteiger partial charge in [0, 0.05) is 36.5 Å². The molecule has 2 saturated heterocycles. The molecule has 5 rings (SSSR count).